The lowest BCUT2D eigenvalue weighted by Gasteiger charge is -2.13. The second-order valence-electron chi connectivity index (χ2n) is 4.15. The van der Waals surface area contributed by atoms with Crippen molar-refractivity contribution in [1.29, 1.82) is 0 Å². The Labute approximate surface area is 106 Å². The third-order valence-corrected chi connectivity index (χ3v) is 2.88. The van der Waals surface area contributed by atoms with E-state index in [-0.39, 0.29) is 0 Å². The summed E-state index contributed by atoms with van der Waals surface area (Å²) in [6.45, 7) is 0. The average molecular weight is 241 g/mol. The van der Waals surface area contributed by atoms with E-state index < -0.39 is 12.0 Å². The van der Waals surface area contributed by atoms with E-state index in [4.69, 9.17) is 5.73 Å². The summed E-state index contributed by atoms with van der Waals surface area (Å²) < 4.78 is 0. The third-order valence-electron chi connectivity index (χ3n) is 2.88. The second kappa shape index (κ2) is 5.47. The highest BCUT2D eigenvalue weighted by Gasteiger charge is 2.13. The molecule has 0 fully saturated rings. The quantitative estimate of drug-likeness (QED) is 0.860. The molecule has 0 spiro atoms. The van der Waals surface area contributed by atoms with Crippen molar-refractivity contribution in [3.8, 4) is 0 Å². The molecule has 92 valence electrons. The van der Waals surface area contributed by atoms with Crippen LogP contribution < -0.4 is 5.73 Å². The molecule has 0 radical (unpaired) electrons. The number of hydrogen-bond donors (Lipinski definition) is 2. The molecule has 0 bridgehead atoms. The van der Waals surface area contributed by atoms with Gasteiger partial charge in [-0.2, -0.15) is 0 Å². The summed E-state index contributed by atoms with van der Waals surface area (Å²) in [6, 6.07) is 16.4. The molecule has 2 aromatic rings. The Hall–Kier alpha value is -2.13. The number of rotatable bonds is 4. The zero-order valence-corrected chi connectivity index (χ0v) is 9.91. The molecule has 2 rings (SSSR count). The Morgan fingerprint density at radius 2 is 1.67 bits per heavy atom. The van der Waals surface area contributed by atoms with E-state index in [1.54, 1.807) is 12.1 Å². The first-order chi connectivity index (χ1) is 8.68. The number of aliphatic hydroxyl groups excluding tert-OH is 1. The molecule has 0 saturated carbocycles. The van der Waals surface area contributed by atoms with Gasteiger partial charge in [0, 0.05) is 12.0 Å². The van der Waals surface area contributed by atoms with Gasteiger partial charge in [-0.1, -0.05) is 48.5 Å². The van der Waals surface area contributed by atoms with Gasteiger partial charge in [0.15, 0.2) is 0 Å². The Kier molecular flexibility index (Phi) is 3.75. The van der Waals surface area contributed by atoms with Crippen molar-refractivity contribution >= 4 is 5.91 Å². The summed E-state index contributed by atoms with van der Waals surface area (Å²) in [5.41, 5.74) is 7.37. The van der Waals surface area contributed by atoms with Crippen molar-refractivity contribution < 1.29 is 9.90 Å². The third kappa shape index (κ3) is 2.76. The largest absolute Gasteiger partial charge is 0.388 e. The molecule has 3 nitrogen and oxygen atoms in total. The van der Waals surface area contributed by atoms with Crippen LogP contribution in [0.1, 0.15) is 27.6 Å². The summed E-state index contributed by atoms with van der Waals surface area (Å²) in [6.07, 6.45) is -0.255. The predicted octanol–water partition coefficient (Wildman–Crippen LogP) is 2.06. The molecule has 3 heteroatoms. The zero-order chi connectivity index (χ0) is 13.0. The number of amides is 1. The molecule has 0 aliphatic carbocycles. The van der Waals surface area contributed by atoms with E-state index in [2.05, 4.69) is 0 Å². The molecule has 1 amide bonds. The predicted molar refractivity (Wildman–Crippen MR) is 70.1 cm³/mol. The molecular formula is C15H15NO2. The maximum atomic E-state index is 11.3. The molecule has 0 aliphatic heterocycles. The van der Waals surface area contributed by atoms with Crippen LogP contribution >= 0.6 is 0 Å². The molecule has 0 aromatic heterocycles. The van der Waals surface area contributed by atoms with Crippen molar-refractivity contribution in [3.63, 3.8) is 0 Å². The van der Waals surface area contributed by atoms with Crippen LogP contribution in [0.3, 0.4) is 0 Å². The van der Waals surface area contributed by atoms with Crippen molar-refractivity contribution in [2.75, 3.05) is 0 Å². The van der Waals surface area contributed by atoms with E-state index in [0.29, 0.717) is 12.0 Å². The number of carbonyl (C=O) groups excluding carboxylic acids is 1. The smallest absolute Gasteiger partial charge is 0.248 e. The Balaban J connectivity index is 2.22. The van der Waals surface area contributed by atoms with Gasteiger partial charge in [0.25, 0.3) is 0 Å². The maximum absolute atomic E-state index is 11.3. The lowest BCUT2D eigenvalue weighted by atomic mass is 9.97. The van der Waals surface area contributed by atoms with Crippen molar-refractivity contribution in [3.05, 3.63) is 71.3 Å². The average Bonchev–Trinajstić information content (AvgIpc) is 2.40. The zero-order valence-electron chi connectivity index (χ0n) is 9.91. The van der Waals surface area contributed by atoms with E-state index in [9.17, 15) is 9.90 Å². The Bertz CT molecular complexity index is 537. The first kappa shape index (κ1) is 12.3. The van der Waals surface area contributed by atoms with Gasteiger partial charge in [-0.3, -0.25) is 4.79 Å². The fraction of sp³-hybridized carbons (Fsp3) is 0.133. The van der Waals surface area contributed by atoms with Crippen molar-refractivity contribution in [2.45, 2.75) is 12.5 Å². The molecule has 2 aromatic carbocycles. The van der Waals surface area contributed by atoms with Crippen molar-refractivity contribution in [1.82, 2.24) is 0 Å². The van der Waals surface area contributed by atoms with Crippen LogP contribution in [0.15, 0.2) is 54.6 Å². The minimum atomic E-state index is -0.633. The van der Waals surface area contributed by atoms with E-state index in [0.717, 1.165) is 11.1 Å². The van der Waals surface area contributed by atoms with Crippen molar-refractivity contribution in [2.24, 2.45) is 5.73 Å². The van der Waals surface area contributed by atoms with Gasteiger partial charge in [0.2, 0.25) is 5.91 Å². The fourth-order valence-corrected chi connectivity index (χ4v) is 1.94. The van der Waals surface area contributed by atoms with Gasteiger partial charge < -0.3 is 10.8 Å². The van der Waals surface area contributed by atoms with Crippen LogP contribution in [0.4, 0.5) is 0 Å². The molecule has 0 heterocycles. The van der Waals surface area contributed by atoms with Gasteiger partial charge in [0.05, 0.1) is 6.10 Å². The normalized spacial score (nSPS) is 12.1. The number of primary amides is 1. The number of nitrogens with two attached hydrogens (primary N) is 1. The molecular weight excluding hydrogens is 226 g/mol. The van der Waals surface area contributed by atoms with Gasteiger partial charge in [-0.05, 0) is 17.2 Å². The first-order valence-electron chi connectivity index (χ1n) is 5.79. The minimum Gasteiger partial charge on any atom is -0.388 e. The second-order valence-corrected chi connectivity index (χ2v) is 4.15. The van der Waals surface area contributed by atoms with E-state index >= 15 is 0 Å². The van der Waals surface area contributed by atoms with Gasteiger partial charge in [0.1, 0.15) is 0 Å². The summed E-state index contributed by atoms with van der Waals surface area (Å²) >= 11 is 0. The number of benzene rings is 2. The van der Waals surface area contributed by atoms with E-state index in [1.165, 1.54) is 0 Å². The van der Waals surface area contributed by atoms with Crippen LogP contribution in [-0.2, 0) is 6.42 Å². The molecule has 1 atom stereocenters. The lowest BCUT2D eigenvalue weighted by molar-refractivity contribution is 0.0998. The Morgan fingerprint density at radius 1 is 1.06 bits per heavy atom. The van der Waals surface area contributed by atoms with Crippen LogP contribution in [0.25, 0.3) is 0 Å². The molecule has 18 heavy (non-hydrogen) atoms. The minimum absolute atomic E-state index is 0.378. The topological polar surface area (TPSA) is 63.3 Å². The first-order valence-corrected chi connectivity index (χ1v) is 5.79. The van der Waals surface area contributed by atoms with Crippen LogP contribution in [-0.4, -0.2) is 11.0 Å². The summed E-state index contributed by atoms with van der Waals surface area (Å²) in [5, 5.41) is 10.1. The molecule has 0 saturated heterocycles. The summed E-state index contributed by atoms with van der Waals surface area (Å²) in [4.78, 5) is 11.3. The Morgan fingerprint density at radius 3 is 2.33 bits per heavy atom. The van der Waals surface area contributed by atoms with Gasteiger partial charge in [-0.25, -0.2) is 0 Å². The highest BCUT2D eigenvalue weighted by Crippen LogP contribution is 2.20. The highest BCUT2D eigenvalue weighted by molar-refractivity contribution is 5.94. The molecule has 0 aliphatic rings. The lowest BCUT2D eigenvalue weighted by Crippen LogP contribution is -2.15. The SMILES string of the molecule is NC(=O)c1ccccc1CC(O)c1ccccc1. The summed E-state index contributed by atoms with van der Waals surface area (Å²) in [5.74, 6) is -0.467. The highest BCUT2D eigenvalue weighted by atomic mass is 16.3. The standard InChI is InChI=1S/C15H15NO2/c16-15(18)13-9-5-4-8-12(13)10-14(17)11-6-2-1-3-7-11/h1-9,14,17H,10H2,(H2,16,18). The number of hydrogen-bond acceptors (Lipinski definition) is 2. The molecule has 1 unspecified atom stereocenters. The van der Waals surface area contributed by atoms with Crippen LogP contribution in [0.2, 0.25) is 0 Å². The molecule has 3 N–H and O–H groups in total. The maximum Gasteiger partial charge on any atom is 0.248 e. The van der Waals surface area contributed by atoms with Gasteiger partial charge in [-0.15, -0.1) is 0 Å². The number of carbonyl (C=O) groups is 1. The fourth-order valence-electron chi connectivity index (χ4n) is 1.94. The van der Waals surface area contributed by atoms with Crippen LogP contribution in [0.5, 0.6) is 0 Å². The number of aliphatic hydroxyl groups is 1. The van der Waals surface area contributed by atoms with E-state index in [1.807, 2.05) is 42.5 Å². The monoisotopic (exact) mass is 241 g/mol. The van der Waals surface area contributed by atoms with Crippen LogP contribution in [0, 0.1) is 0 Å². The summed E-state index contributed by atoms with van der Waals surface area (Å²) in [7, 11) is 0. The van der Waals surface area contributed by atoms with Gasteiger partial charge >= 0.3 is 0 Å².